The molecular formula is C17H9Cl2F4N3O3. The van der Waals surface area contributed by atoms with Crippen molar-refractivity contribution >= 4 is 23.2 Å². The second-order valence-corrected chi connectivity index (χ2v) is 6.44. The van der Waals surface area contributed by atoms with Crippen molar-refractivity contribution in [3.05, 3.63) is 79.1 Å². The molecule has 0 atom stereocenters. The van der Waals surface area contributed by atoms with Crippen molar-refractivity contribution in [3.63, 3.8) is 0 Å². The molecule has 2 heterocycles. The van der Waals surface area contributed by atoms with Crippen LogP contribution in [0, 0.1) is 5.82 Å². The first kappa shape index (κ1) is 20.9. The zero-order chi connectivity index (χ0) is 21.5. The first-order chi connectivity index (χ1) is 13.5. The van der Waals surface area contributed by atoms with Gasteiger partial charge < -0.3 is 4.74 Å². The highest BCUT2D eigenvalue weighted by Crippen LogP contribution is 2.35. The molecule has 0 spiro atoms. The highest BCUT2D eigenvalue weighted by atomic mass is 35.5. The lowest BCUT2D eigenvalue weighted by Gasteiger charge is -2.15. The molecular weight excluding hydrogens is 441 g/mol. The van der Waals surface area contributed by atoms with E-state index in [2.05, 4.69) is 4.98 Å². The van der Waals surface area contributed by atoms with Crippen molar-refractivity contribution in [2.75, 3.05) is 0 Å². The fourth-order valence-electron chi connectivity index (χ4n) is 2.45. The maximum atomic E-state index is 14.5. The Bertz CT molecular complexity index is 1220. The van der Waals surface area contributed by atoms with Gasteiger partial charge in [-0.15, -0.1) is 0 Å². The van der Waals surface area contributed by atoms with E-state index in [0.717, 1.165) is 19.2 Å². The van der Waals surface area contributed by atoms with Crippen LogP contribution in [0.2, 0.25) is 10.2 Å². The van der Waals surface area contributed by atoms with Gasteiger partial charge in [-0.3, -0.25) is 9.36 Å². The summed E-state index contributed by atoms with van der Waals surface area (Å²) in [5.74, 6) is -1.29. The third kappa shape index (κ3) is 3.99. The van der Waals surface area contributed by atoms with E-state index >= 15 is 0 Å². The standard InChI is InChI=1S/C17H9Cl2F4N3O3/c1-25-13(17(21,22)23)7-14(27)26(16(25)28)10-6-12(8(18)5-9(10)20)29-11-3-2-4-24-15(11)19/h2-7H,1H3. The number of ether oxygens (including phenoxy) is 1. The number of halogens is 6. The van der Waals surface area contributed by atoms with E-state index in [0.29, 0.717) is 0 Å². The molecule has 3 aromatic rings. The number of alkyl halides is 3. The molecule has 0 fully saturated rings. The number of aromatic nitrogens is 3. The lowest BCUT2D eigenvalue weighted by molar-refractivity contribution is -0.144. The van der Waals surface area contributed by atoms with Crippen LogP contribution < -0.4 is 16.0 Å². The summed E-state index contributed by atoms with van der Waals surface area (Å²) in [6.07, 6.45) is -3.56. The average molecular weight is 450 g/mol. The van der Waals surface area contributed by atoms with E-state index in [1.165, 1.54) is 18.3 Å². The summed E-state index contributed by atoms with van der Waals surface area (Å²) in [5.41, 5.74) is -4.91. The molecule has 0 saturated carbocycles. The van der Waals surface area contributed by atoms with Crippen LogP contribution >= 0.6 is 23.2 Å². The molecule has 12 heteroatoms. The molecule has 0 amide bonds. The normalized spacial score (nSPS) is 11.6. The van der Waals surface area contributed by atoms with Crippen LogP contribution in [0.25, 0.3) is 5.69 Å². The summed E-state index contributed by atoms with van der Waals surface area (Å²) in [6.45, 7) is 0. The van der Waals surface area contributed by atoms with Crippen LogP contribution in [0.5, 0.6) is 11.5 Å². The first-order valence-corrected chi connectivity index (χ1v) is 8.44. The minimum atomic E-state index is -4.95. The monoisotopic (exact) mass is 449 g/mol. The number of nitrogens with zero attached hydrogens (tertiary/aromatic N) is 3. The van der Waals surface area contributed by atoms with Crippen LogP contribution in [-0.2, 0) is 13.2 Å². The fraction of sp³-hybridized carbons (Fsp3) is 0.118. The largest absolute Gasteiger partial charge is 0.452 e. The molecule has 0 unspecified atom stereocenters. The van der Waals surface area contributed by atoms with E-state index < -0.39 is 34.6 Å². The van der Waals surface area contributed by atoms with Gasteiger partial charge in [0, 0.05) is 25.4 Å². The maximum Gasteiger partial charge on any atom is 0.431 e. The van der Waals surface area contributed by atoms with Crippen molar-refractivity contribution in [1.29, 1.82) is 0 Å². The predicted octanol–water partition coefficient (Wildman–Crippen LogP) is 4.19. The summed E-state index contributed by atoms with van der Waals surface area (Å²) in [4.78, 5) is 28.4. The van der Waals surface area contributed by atoms with Crippen molar-refractivity contribution in [3.8, 4) is 17.2 Å². The van der Waals surface area contributed by atoms with Gasteiger partial charge in [0.1, 0.15) is 17.3 Å². The van der Waals surface area contributed by atoms with Crippen LogP contribution in [0.4, 0.5) is 17.6 Å². The molecule has 0 saturated heterocycles. The third-order valence-corrected chi connectivity index (χ3v) is 4.38. The van der Waals surface area contributed by atoms with Gasteiger partial charge in [-0.2, -0.15) is 13.2 Å². The molecule has 0 aliphatic rings. The van der Waals surface area contributed by atoms with Gasteiger partial charge in [-0.25, -0.2) is 18.7 Å². The second-order valence-electron chi connectivity index (χ2n) is 5.67. The summed E-state index contributed by atoms with van der Waals surface area (Å²) in [6, 6.07) is 4.76. The van der Waals surface area contributed by atoms with Crippen molar-refractivity contribution < 1.29 is 22.3 Å². The topological polar surface area (TPSA) is 66.1 Å². The lowest BCUT2D eigenvalue weighted by Crippen LogP contribution is -2.41. The number of rotatable bonds is 3. The summed E-state index contributed by atoms with van der Waals surface area (Å²) < 4.78 is 59.3. The molecule has 0 N–H and O–H groups in total. The van der Waals surface area contributed by atoms with Crippen LogP contribution in [0.15, 0.2) is 46.1 Å². The van der Waals surface area contributed by atoms with Gasteiger partial charge >= 0.3 is 11.9 Å². The van der Waals surface area contributed by atoms with E-state index in [-0.39, 0.29) is 36.9 Å². The predicted molar refractivity (Wildman–Crippen MR) is 96.6 cm³/mol. The zero-order valence-electron chi connectivity index (χ0n) is 14.3. The Morgan fingerprint density at radius 1 is 1.10 bits per heavy atom. The Kier molecular flexibility index (Phi) is 5.42. The Balaban J connectivity index is 2.20. The Labute approximate surface area is 169 Å². The van der Waals surface area contributed by atoms with Crippen molar-refractivity contribution in [2.24, 2.45) is 7.05 Å². The Hall–Kier alpha value is -2.85. The van der Waals surface area contributed by atoms with Crippen molar-refractivity contribution in [2.45, 2.75) is 6.18 Å². The summed E-state index contributed by atoms with van der Waals surface area (Å²) >= 11 is 11.8. The van der Waals surface area contributed by atoms with Crippen LogP contribution in [0.3, 0.4) is 0 Å². The minimum absolute atomic E-state index is 0.0429. The lowest BCUT2D eigenvalue weighted by atomic mass is 10.2. The molecule has 0 aliphatic carbocycles. The molecule has 0 radical (unpaired) electrons. The van der Waals surface area contributed by atoms with Gasteiger partial charge in [0.05, 0.1) is 10.7 Å². The zero-order valence-corrected chi connectivity index (χ0v) is 15.8. The second kappa shape index (κ2) is 7.53. The number of benzene rings is 1. The highest BCUT2D eigenvalue weighted by Gasteiger charge is 2.35. The maximum absolute atomic E-state index is 14.5. The smallest absolute Gasteiger partial charge is 0.431 e. The molecule has 0 bridgehead atoms. The number of hydrogen-bond acceptors (Lipinski definition) is 4. The van der Waals surface area contributed by atoms with Crippen LogP contribution in [0.1, 0.15) is 5.69 Å². The molecule has 2 aromatic heterocycles. The average Bonchev–Trinajstić information content (AvgIpc) is 2.62. The van der Waals surface area contributed by atoms with Gasteiger partial charge in [0.2, 0.25) is 0 Å². The van der Waals surface area contributed by atoms with Crippen LogP contribution in [-0.4, -0.2) is 14.1 Å². The van der Waals surface area contributed by atoms with E-state index in [1.807, 2.05) is 0 Å². The molecule has 6 nitrogen and oxygen atoms in total. The van der Waals surface area contributed by atoms with Gasteiger partial charge in [0.25, 0.3) is 5.56 Å². The Morgan fingerprint density at radius 2 is 1.79 bits per heavy atom. The molecule has 0 aliphatic heterocycles. The molecule has 1 aromatic carbocycles. The highest BCUT2D eigenvalue weighted by molar-refractivity contribution is 6.32. The molecule has 29 heavy (non-hydrogen) atoms. The fourth-order valence-corrected chi connectivity index (χ4v) is 2.80. The van der Waals surface area contributed by atoms with Crippen molar-refractivity contribution in [1.82, 2.24) is 14.1 Å². The minimum Gasteiger partial charge on any atom is -0.452 e. The molecule has 3 rings (SSSR count). The quantitative estimate of drug-likeness (QED) is 0.444. The van der Waals surface area contributed by atoms with Gasteiger partial charge in [-0.05, 0) is 18.2 Å². The molecule has 152 valence electrons. The first-order valence-electron chi connectivity index (χ1n) is 7.68. The SMILES string of the molecule is Cn1c(C(F)(F)F)cc(=O)n(-c2cc(Oc3cccnc3Cl)c(Cl)cc2F)c1=O. The van der Waals surface area contributed by atoms with E-state index in [1.54, 1.807) is 0 Å². The third-order valence-electron chi connectivity index (χ3n) is 3.80. The van der Waals surface area contributed by atoms with E-state index in [9.17, 15) is 27.2 Å². The number of hydrogen-bond donors (Lipinski definition) is 0. The van der Waals surface area contributed by atoms with E-state index in [4.69, 9.17) is 27.9 Å². The summed E-state index contributed by atoms with van der Waals surface area (Å²) in [5, 5.41) is -0.278. The Morgan fingerprint density at radius 3 is 2.41 bits per heavy atom. The summed E-state index contributed by atoms with van der Waals surface area (Å²) in [7, 11) is 0.807. The van der Waals surface area contributed by atoms with Gasteiger partial charge in [-0.1, -0.05) is 23.2 Å². The van der Waals surface area contributed by atoms with Gasteiger partial charge in [0.15, 0.2) is 10.9 Å². The number of pyridine rings is 1.